The van der Waals surface area contributed by atoms with Crippen LogP contribution in [0, 0.1) is 11.3 Å². The first-order valence-electron chi connectivity index (χ1n) is 8.68. The first kappa shape index (κ1) is 21.2. The molecule has 132 valence electrons. The van der Waals surface area contributed by atoms with Crippen LogP contribution in [0.4, 0.5) is 4.79 Å². The van der Waals surface area contributed by atoms with Gasteiger partial charge >= 0.3 is 6.16 Å². The maximum atomic E-state index is 11.6. The molecule has 0 bridgehead atoms. The van der Waals surface area contributed by atoms with Gasteiger partial charge < -0.3 is 4.74 Å². The topological polar surface area (TPSA) is 44.8 Å². The Bertz CT molecular complexity index is 310. The van der Waals surface area contributed by atoms with Crippen LogP contribution in [0.25, 0.3) is 0 Å². The molecule has 0 aromatic rings. The Hall–Kier alpha value is -0.770. The van der Waals surface area contributed by atoms with Crippen LogP contribution < -0.4 is 0 Å². The quantitative estimate of drug-likeness (QED) is 0.271. The van der Waals surface area contributed by atoms with Crippen molar-refractivity contribution < 1.29 is 19.3 Å². The normalized spacial score (nSPS) is 13.8. The Morgan fingerprint density at radius 1 is 1.09 bits per heavy atom. The van der Waals surface area contributed by atoms with Crippen molar-refractivity contribution >= 4 is 6.16 Å². The second-order valence-electron chi connectivity index (χ2n) is 7.60. The van der Waals surface area contributed by atoms with E-state index < -0.39 is 11.8 Å². The lowest BCUT2D eigenvalue weighted by Gasteiger charge is -2.32. The highest BCUT2D eigenvalue weighted by atomic mass is 17.2. The van der Waals surface area contributed by atoms with Crippen molar-refractivity contribution in [3.8, 4) is 0 Å². The van der Waals surface area contributed by atoms with E-state index in [0.717, 1.165) is 38.5 Å². The smallest absolute Gasteiger partial charge is 0.432 e. The number of carbonyl (C=O) groups is 1. The summed E-state index contributed by atoms with van der Waals surface area (Å²) in [7, 11) is 0. The Morgan fingerprint density at radius 3 is 2.23 bits per heavy atom. The number of rotatable bonds is 11. The molecule has 0 aliphatic rings. The standard InChI is InChI=1S/C18H36O4/c1-8-11-12-15(9-2)13-20-16(19)21-22-18(6,7)14-17(4,5)10-3/h15H,8-14H2,1-7H3. The third-order valence-electron chi connectivity index (χ3n) is 4.18. The summed E-state index contributed by atoms with van der Waals surface area (Å²) in [5, 5.41) is 0. The lowest BCUT2D eigenvalue weighted by atomic mass is 9.80. The number of hydrogen-bond acceptors (Lipinski definition) is 4. The highest BCUT2D eigenvalue weighted by Crippen LogP contribution is 2.33. The zero-order valence-corrected chi connectivity index (χ0v) is 15.7. The summed E-state index contributed by atoms with van der Waals surface area (Å²) >= 11 is 0. The fourth-order valence-electron chi connectivity index (χ4n) is 2.56. The van der Waals surface area contributed by atoms with Crippen molar-refractivity contribution in [2.75, 3.05) is 6.61 Å². The number of hydrogen-bond donors (Lipinski definition) is 0. The molecule has 1 atom stereocenters. The minimum absolute atomic E-state index is 0.143. The van der Waals surface area contributed by atoms with Gasteiger partial charge in [0.05, 0.1) is 6.61 Å². The molecule has 0 N–H and O–H groups in total. The summed E-state index contributed by atoms with van der Waals surface area (Å²) in [6, 6.07) is 0. The van der Waals surface area contributed by atoms with Gasteiger partial charge in [-0.3, -0.25) is 4.89 Å². The maximum absolute atomic E-state index is 11.6. The molecule has 0 saturated carbocycles. The maximum Gasteiger partial charge on any atom is 0.540 e. The molecule has 0 fully saturated rings. The molecule has 0 saturated heterocycles. The van der Waals surface area contributed by atoms with Gasteiger partial charge in [-0.2, -0.15) is 4.89 Å². The molecule has 0 amide bonds. The fourth-order valence-corrected chi connectivity index (χ4v) is 2.56. The minimum Gasteiger partial charge on any atom is -0.432 e. The average molecular weight is 316 g/mol. The summed E-state index contributed by atoms with van der Waals surface area (Å²) < 4.78 is 5.16. The minimum atomic E-state index is -0.739. The third-order valence-corrected chi connectivity index (χ3v) is 4.18. The van der Waals surface area contributed by atoms with Crippen LogP contribution in [0.3, 0.4) is 0 Å². The summed E-state index contributed by atoms with van der Waals surface area (Å²) in [4.78, 5) is 21.8. The lowest BCUT2D eigenvalue weighted by Crippen LogP contribution is -2.32. The number of carbonyl (C=O) groups excluding carboxylic acids is 1. The molecular weight excluding hydrogens is 280 g/mol. The third kappa shape index (κ3) is 10.0. The Labute approximate surface area is 136 Å². The van der Waals surface area contributed by atoms with Gasteiger partial charge in [-0.05, 0) is 38.0 Å². The van der Waals surface area contributed by atoms with E-state index in [1.54, 1.807) is 0 Å². The van der Waals surface area contributed by atoms with E-state index in [4.69, 9.17) is 14.5 Å². The van der Waals surface area contributed by atoms with Crippen LogP contribution >= 0.6 is 0 Å². The first-order valence-corrected chi connectivity index (χ1v) is 8.68. The van der Waals surface area contributed by atoms with E-state index in [1.165, 1.54) is 0 Å². The van der Waals surface area contributed by atoms with Gasteiger partial charge in [0.15, 0.2) is 0 Å². The summed E-state index contributed by atoms with van der Waals surface area (Å²) in [5.74, 6) is 0.402. The molecule has 0 spiro atoms. The van der Waals surface area contributed by atoms with Gasteiger partial charge in [-0.25, -0.2) is 4.79 Å². The number of ether oxygens (including phenoxy) is 1. The van der Waals surface area contributed by atoms with E-state index in [0.29, 0.717) is 12.5 Å². The molecule has 1 unspecified atom stereocenters. The molecule has 0 heterocycles. The van der Waals surface area contributed by atoms with Gasteiger partial charge in [-0.1, -0.05) is 60.3 Å². The monoisotopic (exact) mass is 316 g/mol. The van der Waals surface area contributed by atoms with Gasteiger partial charge in [0.2, 0.25) is 0 Å². The van der Waals surface area contributed by atoms with Crippen molar-refractivity contribution in [2.45, 2.75) is 92.6 Å². The summed E-state index contributed by atoms with van der Waals surface area (Å²) in [5.41, 5.74) is -0.380. The first-order chi connectivity index (χ1) is 10.2. The van der Waals surface area contributed by atoms with Crippen molar-refractivity contribution in [1.29, 1.82) is 0 Å². The Balaban J connectivity index is 4.11. The Kier molecular flexibility index (Phi) is 9.74. The highest BCUT2D eigenvalue weighted by molar-refractivity contribution is 5.58. The number of unbranched alkanes of at least 4 members (excludes halogenated alkanes) is 1. The zero-order chi connectivity index (χ0) is 17.2. The van der Waals surface area contributed by atoms with E-state index in [1.807, 2.05) is 13.8 Å². The largest absolute Gasteiger partial charge is 0.540 e. The van der Waals surface area contributed by atoms with E-state index >= 15 is 0 Å². The van der Waals surface area contributed by atoms with E-state index in [2.05, 4.69) is 34.6 Å². The molecule has 0 aliphatic heterocycles. The second kappa shape index (κ2) is 10.1. The molecule has 0 rings (SSSR count). The van der Waals surface area contributed by atoms with Gasteiger partial charge in [0.1, 0.15) is 5.60 Å². The van der Waals surface area contributed by atoms with Gasteiger partial charge in [0.25, 0.3) is 0 Å². The van der Waals surface area contributed by atoms with Crippen LogP contribution in [0.15, 0.2) is 0 Å². The second-order valence-corrected chi connectivity index (χ2v) is 7.60. The molecule has 22 heavy (non-hydrogen) atoms. The van der Waals surface area contributed by atoms with Crippen molar-refractivity contribution in [1.82, 2.24) is 0 Å². The van der Waals surface area contributed by atoms with Crippen molar-refractivity contribution in [3.05, 3.63) is 0 Å². The SMILES string of the molecule is CCCCC(CC)COC(=O)OOC(C)(C)CC(C)(C)CC. The Morgan fingerprint density at radius 2 is 1.73 bits per heavy atom. The van der Waals surface area contributed by atoms with Crippen LogP contribution in [-0.2, 0) is 14.5 Å². The van der Waals surface area contributed by atoms with Crippen molar-refractivity contribution in [3.63, 3.8) is 0 Å². The molecule has 0 aromatic heterocycles. The molecular formula is C18H36O4. The fraction of sp³-hybridized carbons (Fsp3) is 0.944. The molecule has 0 aromatic carbocycles. The van der Waals surface area contributed by atoms with Crippen LogP contribution in [0.2, 0.25) is 0 Å². The van der Waals surface area contributed by atoms with E-state index in [-0.39, 0.29) is 5.41 Å². The zero-order valence-electron chi connectivity index (χ0n) is 15.7. The van der Waals surface area contributed by atoms with Gasteiger partial charge in [-0.15, -0.1) is 0 Å². The molecule has 4 nitrogen and oxygen atoms in total. The van der Waals surface area contributed by atoms with Crippen LogP contribution in [-0.4, -0.2) is 18.4 Å². The molecule has 4 heteroatoms. The summed E-state index contributed by atoms with van der Waals surface area (Å²) in [6.07, 6.45) is 5.51. The van der Waals surface area contributed by atoms with Crippen LogP contribution in [0.5, 0.6) is 0 Å². The van der Waals surface area contributed by atoms with Crippen LogP contribution in [0.1, 0.15) is 87.0 Å². The average Bonchev–Trinajstić information content (AvgIpc) is 2.44. The predicted octanol–water partition coefficient (Wildman–Crippen LogP) is 5.89. The van der Waals surface area contributed by atoms with Gasteiger partial charge in [0, 0.05) is 0 Å². The summed E-state index contributed by atoms with van der Waals surface area (Å²) in [6.45, 7) is 15.0. The lowest BCUT2D eigenvalue weighted by molar-refractivity contribution is -0.323. The predicted molar refractivity (Wildman–Crippen MR) is 89.6 cm³/mol. The highest BCUT2D eigenvalue weighted by Gasteiger charge is 2.31. The molecule has 0 radical (unpaired) electrons. The molecule has 0 aliphatic carbocycles. The van der Waals surface area contributed by atoms with Crippen molar-refractivity contribution in [2.24, 2.45) is 11.3 Å². The van der Waals surface area contributed by atoms with E-state index in [9.17, 15) is 4.79 Å².